The topological polar surface area (TPSA) is 21.3 Å². The highest BCUT2D eigenvalue weighted by Gasteiger charge is 2.35. The van der Waals surface area contributed by atoms with Crippen LogP contribution in [0, 0.1) is 11.3 Å². The van der Waals surface area contributed by atoms with E-state index in [0.717, 1.165) is 32.2 Å². The van der Waals surface area contributed by atoms with Crippen molar-refractivity contribution in [2.75, 3.05) is 26.3 Å². The van der Waals surface area contributed by atoms with E-state index in [2.05, 4.69) is 26.1 Å². The van der Waals surface area contributed by atoms with Crippen molar-refractivity contribution in [2.45, 2.75) is 46.5 Å². The van der Waals surface area contributed by atoms with Crippen molar-refractivity contribution in [1.29, 1.82) is 0 Å². The maximum atomic E-state index is 5.61. The largest absolute Gasteiger partial charge is 0.381 e. The molecule has 2 nitrogen and oxygen atoms in total. The van der Waals surface area contributed by atoms with Crippen molar-refractivity contribution in [3.63, 3.8) is 0 Å². The fourth-order valence-electron chi connectivity index (χ4n) is 2.60. The Morgan fingerprint density at radius 2 is 2.00 bits per heavy atom. The van der Waals surface area contributed by atoms with Crippen LogP contribution in [-0.2, 0) is 4.74 Å². The van der Waals surface area contributed by atoms with E-state index in [1.807, 2.05) is 0 Å². The van der Waals surface area contributed by atoms with Crippen LogP contribution in [0.15, 0.2) is 0 Å². The number of hydrogen-bond donors (Lipinski definition) is 1. The van der Waals surface area contributed by atoms with Gasteiger partial charge in [-0.05, 0) is 25.3 Å². The van der Waals surface area contributed by atoms with Gasteiger partial charge in [0.1, 0.15) is 0 Å². The first-order valence-corrected chi connectivity index (χ1v) is 6.54. The summed E-state index contributed by atoms with van der Waals surface area (Å²) >= 11 is 0. The van der Waals surface area contributed by atoms with Gasteiger partial charge in [0.15, 0.2) is 0 Å². The summed E-state index contributed by atoms with van der Waals surface area (Å²) in [7, 11) is 0. The zero-order valence-corrected chi connectivity index (χ0v) is 10.6. The molecule has 1 atom stereocenters. The predicted octanol–water partition coefficient (Wildman–Crippen LogP) is 2.83. The third kappa shape index (κ3) is 3.76. The zero-order chi connectivity index (χ0) is 11.1. The molecule has 1 fully saturated rings. The highest BCUT2D eigenvalue weighted by molar-refractivity contribution is 4.87. The van der Waals surface area contributed by atoms with Gasteiger partial charge in [-0.3, -0.25) is 0 Å². The molecule has 0 bridgehead atoms. The zero-order valence-electron chi connectivity index (χ0n) is 10.6. The summed E-state index contributed by atoms with van der Waals surface area (Å²) in [6.45, 7) is 10.9. The Balaban J connectivity index is 2.48. The van der Waals surface area contributed by atoms with Gasteiger partial charge in [0.05, 0.1) is 6.61 Å². The van der Waals surface area contributed by atoms with Crippen LogP contribution < -0.4 is 5.32 Å². The van der Waals surface area contributed by atoms with E-state index >= 15 is 0 Å². The molecule has 0 amide bonds. The average molecular weight is 213 g/mol. The normalized spacial score (nSPS) is 26.4. The van der Waals surface area contributed by atoms with Crippen molar-refractivity contribution in [2.24, 2.45) is 11.3 Å². The molecule has 1 N–H and O–H groups in total. The second kappa shape index (κ2) is 6.49. The molecule has 0 spiro atoms. The van der Waals surface area contributed by atoms with Crippen molar-refractivity contribution >= 4 is 0 Å². The highest BCUT2D eigenvalue weighted by Crippen LogP contribution is 2.36. The summed E-state index contributed by atoms with van der Waals surface area (Å²) in [5.74, 6) is 0.880. The summed E-state index contributed by atoms with van der Waals surface area (Å²) in [5.41, 5.74) is 0.437. The smallest absolute Gasteiger partial charge is 0.0535 e. The Labute approximate surface area is 94.8 Å². The minimum atomic E-state index is 0.437. The van der Waals surface area contributed by atoms with Gasteiger partial charge in [-0.1, -0.05) is 33.6 Å². The molecule has 1 saturated heterocycles. The Bertz CT molecular complexity index is 160. The van der Waals surface area contributed by atoms with Crippen LogP contribution in [0.4, 0.5) is 0 Å². The number of ether oxygens (including phenoxy) is 1. The molecule has 0 aromatic heterocycles. The molecular formula is C13H27NO. The lowest BCUT2D eigenvalue weighted by molar-refractivity contribution is 0.129. The quantitative estimate of drug-likeness (QED) is 0.702. The lowest BCUT2D eigenvalue weighted by Gasteiger charge is -2.31. The second-order valence-electron chi connectivity index (χ2n) is 4.97. The molecule has 0 aromatic rings. The molecule has 90 valence electrons. The van der Waals surface area contributed by atoms with Crippen LogP contribution in [0.25, 0.3) is 0 Å². The minimum Gasteiger partial charge on any atom is -0.381 e. The summed E-state index contributed by atoms with van der Waals surface area (Å²) in [6, 6.07) is 0. The van der Waals surface area contributed by atoms with Gasteiger partial charge in [0, 0.05) is 18.6 Å². The van der Waals surface area contributed by atoms with Crippen LogP contribution in [0.1, 0.15) is 46.5 Å². The van der Waals surface area contributed by atoms with Crippen molar-refractivity contribution in [3.05, 3.63) is 0 Å². The fourth-order valence-corrected chi connectivity index (χ4v) is 2.60. The van der Waals surface area contributed by atoms with Gasteiger partial charge < -0.3 is 10.1 Å². The molecule has 0 aromatic carbocycles. The van der Waals surface area contributed by atoms with Crippen LogP contribution in [0.3, 0.4) is 0 Å². The maximum Gasteiger partial charge on any atom is 0.0535 e. The van der Waals surface area contributed by atoms with Crippen LogP contribution in [-0.4, -0.2) is 26.3 Å². The van der Waals surface area contributed by atoms with Crippen molar-refractivity contribution < 1.29 is 4.74 Å². The summed E-state index contributed by atoms with van der Waals surface area (Å²) in [4.78, 5) is 0. The van der Waals surface area contributed by atoms with Gasteiger partial charge >= 0.3 is 0 Å². The first-order chi connectivity index (χ1) is 7.26. The molecule has 1 aliphatic heterocycles. The van der Waals surface area contributed by atoms with Crippen molar-refractivity contribution in [1.82, 2.24) is 5.32 Å². The Morgan fingerprint density at radius 1 is 1.27 bits per heavy atom. The summed E-state index contributed by atoms with van der Waals surface area (Å²) < 4.78 is 5.61. The van der Waals surface area contributed by atoms with Gasteiger partial charge in [0.2, 0.25) is 0 Å². The third-order valence-corrected chi connectivity index (χ3v) is 3.81. The van der Waals surface area contributed by atoms with Crippen molar-refractivity contribution in [3.8, 4) is 0 Å². The lowest BCUT2D eigenvalue weighted by atomic mass is 9.77. The van der Waals surface area contributed by atoms with E-state index in [-0.39, 0.29) is 0 Å². The number of rotatable bonds is 7. The predicted molar refractivity (Wildman–Crippen MR) is 65.1 cm³/mol. The summed E-state index contributed by atoms with van der Waals surface area (Å²) in [6.07, 6.45) is 5.21. The SMILES string of the molecule is CCNCC1(CC(CC)CC)CCOC1. The Kier molecular flexibility index (Phi) is 5.62. The molecule has 0 radical (unpaired) electrons. The molecule has 1 unspecified atom stereocenters. The molecule has 0 aliphatic carbocycles. The Hall–Kier alpha value is -0.0800. The molecule has 1 aliphatic rings. The first kappa shape index (κ1) is 13.0. The lowest BCUT2D eigenvalue weighted by Crippen LogP contribution is -2.36. The second-order valence-corrected chi connectivity index (χ2v) is 4.97. The molecule has 2 heteroatoms. The van der Waals surface area contributed by atoms with Crippen LogP contribution >= 0.6 is 0 Å². The Morgan fingerprint density at radius 3 is 2.47 bits per heavy atom. The van der Waals surface area contributed by atoms with E-state index in [4.69, 9.17) is 4.74 Å². The van der Waals surface area contributed by atoms with Crippen LogP contribution in [0.5, 0.6) is 0 Å². The number of nitrogens with one attached hydrogen (secondary N) is 1. The average Bonchev–Trinajstić information content (AvgIpc) is 2.72. The van der Waals surface area contributed by atoms with E-state index in [1.54, 1.807) is 0 Å². The fraction of sp³-hybridized carbons (Fsp3) is 1.00. The first-order valence-electron chi connectivity index (χ1n) is 6.54. The molecule has 0 saturated carbocycles. The third-order valence-electron chi connectivity index (χ3n) is 3.81. The number of hydrogen-bond acceptors (Lipinski definition) is 2. The van der Waals surface area contributed by atoms with Crippen LogP contribution in [0.2, 0.25) is 0 Å². The van der Waals surface area contributed by atoms with Gasteiger partial charge in [0.25, 0.3) is 0 Å². The van der Waals surface area contributed by atoms with Gasteiger partial charge in [-0.15, -0.1) is 0 Å². The van der Waals surface area contributed by atoms with Gasteiger partial charge in [-0.2, -0.15) is 0 Å². The highest BCUT2D eigenvalue weighted by atomic mass is 16.5. The van der Waals surface area contributed by atoms with Gasteiger partial charge in [-0.25, -0.2) is 0 Å². The van der Waals surface area contributed by atoms with E-state index < -0.39 is 0 Å². The minimum absolute atomic E-state index is 0.437. The van der Waals surface area contributed by atoms with E-state index in [1.165, 1.54) is 25.7 Å². The van der Waals surface area contributed by atoms with E-state index in [0.29, 0.717) is 5.41 Å². The standard InChI is InChI=1S/C13H27NO/c1-4-12(5-2)9-13(10-14-6-3)7-8-15-11-13/h12,14H,4-11H2,1-3H3. The maximum absolute atomic E-state index is 5.61. The molecular weight excluding hydrogens is 186 g/mol. The summed E-state index contributed by atoms with van der Waals surface area (Å²) in [5, 5.41) is 3.50. The monoisotopic (exact) mass is 213 g/mol. The van der Waals surface area contributed by atoms with E-state index in [9.17, 15) is 0 Å². The molecule has 1 heterocycles. The molecule has 15 heavy (non-hydrogen) atoms. The molecule has 1 rings (SSSR count).